The van der Waals surface area contributed by atoms with E-state index in [1.54, 1.807) is 17.0 Å². The van der Waals surface area contributed by atoms with Gasteiger partial charge in [-0.3, -0.25) is 0 Å². The van der Waals surface area contributed by atoms with Crippen LogP contribution in [0.1, 0.15) is 36.2 Å². The van der Waals surface area contributed by atoms with Crippen molar-refractivity contribution in [3.05, 3.63) is 24.2 Å². The van der Waals surface area contributed by atoms with Gasteiger partial charge in [0.1, 0.15) is 0 Å². The minimum atomic E-state index is -0.522. The molecule has 2 fully saturated rings. The van der Waals surface area contributed by atoms with E-state index in [0.717, 1.165) is 18.6 Å². The quantitative estimate of drug-likeness (QED) is 0.618. The maximum absolute atomic E-state index is 11.6. The molecular weight excluding hydrogens is 232 g/mol. The summed E-state index contributed by atoms with van der Waals surface area (Å²) in [6.45, 7) is 0. The number of oxime groups is 1. The van der Waals surface area contributed by atoms with Crippen LogP contribution in [0.25, 0.3) is 0 Å². The van der Waals surface area contributed by atoms with Gasteiger partial charge in [0.15, 0.2) is 0 Å². The molecule has 2 bridgehead atoms. The molecule has 0 radical (unpaired) electrons. The van der Waals surface area contributed by atoms with E-state index in [0.29, 0.717) is 12.1 Å². The first-order valence-corrected chi connectivity index (χ1v) is 6.38. The first kappa shape index (κ1) is 11.5. The highest BCUT2D eigenvalue weighted by Gasteiger charge is 2.41. The normalized spacial score (nSPS) is 32.7. The van der Waals surface area contributed by atoms with Crippen LogP contribution in [0.5, 0.6) is 0 Å². The summed E-state index contributed by atoms with van der Waals surface area (Å²) in [7, 11) is 2.24. The molecule has 2 aliphatic rings. The molecule has 0 aromatic carbocycles. The molecule has 96 valence electrons. The zero-order chi connectivity index (χ0) is 12.5. The Bertz CT molecular complexity index is 451. The van der Waals surface area contributed by atoms with Crippen molar-refractivity contribution in [1.29, 1.82) is 0 Å². The van der Waals surface area contributed by atoms with Gasteiger partial charge in [0.25, 0.3) is 0 Å². The molecule has 0 aliphatic carbocycles. The molecular formula is C13H17N2O3+. The summed E-state index contributed by atoms with van der Waals surface area (Å²) in [6.07, 6.45) is 5.83. The zero-order valence-corrected chi connectivity index (χ0v) is 10.4. The summed E-state index contributed by atoms with van der Waals surface area (Å²) in [4.78, 5) is 18.1. The molecule has 18 heavy (non-hydrogen) atoms. The molecule has 3 heterocycles. The average Bonchev–Trinajstić information content (AvgIpc) is 2.94. The monoisotopic (exact) mass is 249 g/mol. The van der Waals surface area contributed by atoms with Crippen LogP contribution in [0, 0.1) is 0 Å². The number of furan rings is 1. The fourth-order valence-corrected chi connectivity index (χ4v) is 2.99. The van der Waals surface area contributed by atoms with Gasteiger partial charge in [-0.05, 0) is 12.1 Å². The molecule has 0 spiro atoms. The van der Waals surface area contributed by atoms with Crippen molar-refractivity contribution >= 4 is 11.7 Å². The Kier molecular flexibility index (Phi) is 2.91. The maximum Gasteiger partial charge on any atom is 0.400 e. The number of piperidine rings is 1. The van der Waals surface area contributed by atoms with Crippen LogP contribution < -0.4 is 4.90 Å². The molecule has 1 unspecified atom stereocenters. The Morgan fingerprint density at radius 2 is 2.17 bits per heavy atom. The molecule has 3 atom stereocenters. The van der Waals surface area contributed by atoms with Crippen molar-refractivity contribution in [3.8, 4) is 0 Å². The van der Waals surface area contributed by atoms with E-state index in [1.807, 2.05) is 0 Å². The van der Waals surface area contributed by atoms with E-state index in [4.69, 9.17) is 9.25 Å². The lowest BCUT2D eigenvalue weighted by Gasteiger charge is -2.28. The fourth-order valence-electron chi connectivity index (χ4n) is 2.99. The fraction of sp³-hybridized carbons (Fsp3) is 0.538. The second kappa shape index (κ2) is 4.57. The average molecular weight is 249 g/mol. The molecule has 0 amide bonds. The molecule has 3 rings (SSSR count). The zero-order valence-electron chi connectivity index (χ0n) is 10.4. The van der Waals surface area contributed by atoms with Crippen LogP contribution >= 0.6 is 0 Å². The highest BCUT2D eigenvalue weighted by Crippen LogP contribution is 2.20. The summed E-state index contributed by atoms with van der Waals surface area (Å²) in [5.74, 6) is -0.327. The van der Waals surface area contributed by atoms with Crippen LogP contribution in [-0.2, 0) is 4.84 Å². The minimum Gasteiger partial charge on any atom is -0.457 e. The Morgan fingerprint density at radius 3 is 2.78 bits per heavy atom. The number of carbonyl (C=O) groups excluding carboxylic acids is 1. The van der Waals surface area contributed by atoms with Gasteiger partial charge in [-0.1, -0.05) is 5.16 Å². The number of nitrogens with one attached hydrogen (secondary N) is 1. The van der Waals surface area contributed by atoms with Crippen molar-refractivity contribution in [1.82, 2.24) is 0 Å². The van der Waals surface area contributed by atoms with E-state index < -0.39 is 5.97 Å². The standard InChI is InChI=1S/C13H16N2O3/c1-15-10-4-5-11(15)8-9(7-10)14-18-13(16)12-3-2-6-17-12/h2-3,6,10-11H,4-5,7-8H2,1H3/p+1/t10-,11+. The number of hydrogen-bond donors (Lipinski definition) is 1. The number of hydrogen-bond acceptors (Lipinski definition) is 4. The lowest BCUT2D eigenvalue weighted by atomic mass is 10.0. The number of nitrogens with zero attached hydrogens (tertiary/aromatic N) is 1. The molecule has 2 saturated heterocycles. The highest BCUT2D eigenvalue weighted by atomic mass is 16.7. The molecule has 1 aromatic heterocycles. The summed E-state index contributed by atoms with van der Waals surface area (Å²) in [6, 6.07) is 4.52. The summed E-state index contributed by atoms with van der Waals surface area (Å²) in [5.41, 5.74) is 1.01. The Labute approximate surface area is 105 Å². The highest BCUT2D eigenvalue weighted by molar-refractivity contribution is 5.89. The smallest absolute Gasteiger partial charge is 0.400 e. The largest absolute Gasteiger partial charge is 0.457 e. The van der Waals surface area contributed by atoms with Crippen molar-refractivity contribution in [2.75, 3.05) is 7.05 Å². The van der Waals surface area contributed by atoms with Crippen LogP contribution in [0.15, 0.2) is 28.0 Å². The molecule has 1 aromatic rings. The minimum absolute atomic E-state index is 0.195. The predicted molar refractivity (Wildman–Crippen MR) is 64.5 cm³/mol. The molecule has 2 aliphatic heterocycles. The van der Waals surface area contributed by atoms with Crippen LogP contribution in [-0.4, -0.2) is 30.8 Å². The van der Waals surface area contributed by atoms with Gasteiger partial charge < -0.3 is 14.2 Å². The van der Waals surface area contributed by atoms with Crippen molar-refractivity contribution in [2.24, 2.45) is 5.16 Å². The van der Waals surface area contributed by atoms with E-state index in [1.165, 1.54) is 19.1 Å². The topological polar surface area (TPSA) is 56.2 Å². The van der Waals surface area contributed by atoms with Crippen LogP contribution in [0.4, 0.5) is 0 Å². The van der Waals surface area contributed by atoms with Gasteiger partial charge in [-0.25, -0.2) is 4.79 Å². The first-order chi connectivity index (χ1) is 8.74. The SMILES string of the molecule is C[NH+]1[C@@H]2CC[C@H]1CC(=NOC(=O)c1ccco1)C2. The summed E-state index contributed by atoms with van der Waals surface area (Å²) >= 11 is 0. The number of quaternary nitrogens is 1. The van der Waals surface area contributed by atoms with Gasteiger partial charge in [0, 0.05) is 25.7 Å². The number of fused-ring (bicyclic) bond motifs is 2. The van der Waals surface area contributed by atoms with Gasteiger partial charge >= 0.3 is 5.97 Å². The third-order valence-corrected chi connectivity index (χ3v) is 4.10. The van der Waals surface area contributed by atoms with Gasteiger partial charge in [-0.2, -0.15) is 0 Å². The lowest BCUT2D eigenvalue weighted by molar-refractivity contribution is -0.917. The van der Waals surface area contributed by atoms with Crippen LogP contribution in [0.2, 0.25) is 0 Å². The molecule has 5 heteroatoms. The summed E-state index contributed by atoms with van der Waals surface area (Å²) in [5, 5.41) is 4.01. The van der Waals surface area contributed by atoms with E-state index in [-0.39, 0.29) is 5.76 Å². The predicted octanol–water partition coefficient (Wildman–Crippen LogP) is 0.632. The Balaban J connectivity index is 1.63. The molecule has 5 nitrogen and oxygen atoms in total. The molecule has 1 N–H and O–H groups in total. The maximum atomic E-state index is 11.6. The van der Waals surface area contributed by atoms with Crippen LogP contribution in [0.3, 0.4) is 0 Å². The lowest BCUT2D eigenvalue weighted by Crippen LogP contribution is -3.15. The number of carbonyl (C=O) groups is 1. The second-order valence-corrected chi connectivity index (χ2v) is 5.14. The summed E-state index contributed by atoms with van der Waals surface area (Å²) < 4.78 is 4.96. The van der Waals surface area contributed by atoms with E-state index in [9.17, 15) is 4.79 Å². The van der Waals surface area contributed by atoms with Gasteiger partial charge in [0.2, 0.25) is 5.76 Å². The third-order valence-electron chi connectivity index (χ3n) is 4.10. The van der Waals surface area contributed by atoms with E-state index in [2.05, 4.69) is 12.2 Å². The first-order valence-electron chi connectivity index (χ1n) is 6.38. The Morgan fingerprint density at radius 1 is 1.44 bits per heavy atom. The van der Waals surface area contributed by atoms with Gasteiger partial charge in [0.05, 0.1) is 31.1 Å². The molecule has 0 saturated carbocycles. The van der Waals surface area contributed by atoms with E-state index >= 15 is 0 Å². The number of rotatable bonds is 2. The Hall–Kier alpha value is -1.62. The third kappa shape index (κ3) is 2.06. The second-order valence-electron chi connectivity index (χ2n) is 5.14. The van der Waals surface area contributed by atoms with Gasteiger partial charge in [-0.15, -0.1) is 0 Å². The van der Waals surface area contributed by atoms with Crippen molar-refractivity contribution in [3.63, 3.8) is 0 Å². The van der Waals surface area contributed by atoms with Crippen molar-refractivity contribution < 1.29 is 18.9 Å². The van der Waals surface area contributed by atoms with Crippen molar-refractivity contribution in [2.45, 2.75) is 37.8 Å².